The van der Waals surface area contributed by atoms with Crippen LogP contribution in [0.1, 0.15) is 29.5 Å². The van der Waals surface area contributed by atoms with Crippen molar-refractivity contribution in [1.29, 1.82) is 0 Å². The lowest BCUT2D eigenvalue weighted by atomic mass is 9.79. The topological polar surface area (TPSA) is 46.5 Å². The van der Waals surface area contributed by atoms with E-state index < -0.39 is 11.7 Å². The molecule has 3 aromatic rings. The average molecular weight is 360 g/mol. The third-order valence-corrected chi connectivity index (χ3v) is 4.70. The lowest BCUT2D eigenvalue weighted by molar-refractivity contribution is -0.113. The van der Waals surface area contributed by atoms with Crippen molar-refractivity contribution in [2.75, 3.05) is 0 Å². The van der Waals surface area contributed by atoms with Gasteiger partial charge >= 0.3 is 0 Å². The molecule has 1 heterocycles. The Bertz CT molecular complexity index is 1050. The molecule has 4 heteroatoms. The van der Waals surface area contributed by atoms with Gasteiger partial charge in [-0.3, -0.25) is 4.79 Å². The van der Waals surface area contributed by atoms with Gasteiger partial charge in [0.15, 0.2) is 5.78 Å². The van der Waals surface area contributed by atoms with E-state index in [1.165, 1.54) is 19.1 Å². The lowest BCUT2D eigenvalue weighted by Crippen LogP contribution is -2.18. The molecule has 1 aliphatic heterocycles. The third kappa shape index (κ3) is 2.99. The van der Waals surface area contributed by atoms with Crippen molar-refractivity contribution < 1.29 is 19.0 Å². The highest BCUT2D eigenvalue weighted by Gasteiger charge is 2.34. The highest BCUT2D eigenvalue weighted by atomic mass is 19.1. The first-order chi connectivity index (χ1) is 13.1. The van der Waals surface area contributed by atoms with Crippen LogP contribution in [0.2, 0.25) is 0 Å². The van der Waals surface area contributed by atoms with E-state index >= 15 is 0 Å². The number of carbonyl (C=O) groups is 1. The first kappa shape index (κ1) is 17.0. The largest absolute Gasteiger partial charge is 0.507 e. The fourth-order valence-electron chi connectivity index (χ4n) is 3.51. The fraction of sp³-hybridized carbons (Fsp3) is 0.0870. The van der Waals surface area contributed by atoms with Gasteiger partial charge in [-0.05, 0) is 31.2 Å². The van der Waals surface area contributed by atoms with Gasteiger partial charge in [0.25, 0.3) is 0 Å². The van der Waals surface area contributed by atoms with Crippen LogP contribution < -0.4 is 4.74 Å². The van der Waals surface area contributed by atoms with Crippen molar-refractivity contribution >= 4 is 11.5 Å². The van der Waals surface area contributed by atoms with E-state index in [0.717, 1.165) is 0 Å². The smallest absolute Gasteiger partial charge is 0.160 e. The molecule has 3 nitrogen and oxygen atoms in total. The normalized spacial score (nSPS) is 15.9. The number of ketones is 1. The maximum atomic E-state index is 14.0. The van der Waals surface area contributed by atoms with Crippen LogP contribution in [0.25, 0.3) is 5.76 Å². The maximum Gasteiger partial charge on any atom is 0.160 e. The summed E-state index contributed by atoms with van der Waals surface area (Å²) in [6, 6.07) is 20.4. The number of para-hydroxylation sites is 1. The molecule has 0 aromatic heterocycles. The molecule has 27 heavy (non-hydrogen) atoms. The van der Waals surface area contributed by atoms with Crippen LogP contribution in [-0.2, 0) is 4.79 Å². The van der Waals surface area contributed by atoms with Gasteiger partial charge in [0.05, 0.1) is 0 Å². The molecular formula is C23H17FO3. The Balaban J connectivity index is 2.01. The van der Waals surface area contributed by atoms with Crippen molar-refractivity contribution in [2.45, 2.75) is 12.8 Å². The zero-order valence-electron chi connectivity index (χ0n) is 14.6. The summed E-state index contributed by atoms with van der Waals surface area (Å²) >= 11 is 0. The molecule has 0 spiro atoms. The van der Waals surface area contributed by atoms with Crippen molar-refractivity contribution in [3.05, 3.63) is 101 Å². The number of aliphatic hydroxyl groups excluding tert-OH is 1. The SMILES string of the molecule is CC(=O)/C(=C(/O)c1ccccc1)[C@H]1c2ccccc2Oc2ccc(F)cc21. The van der Waals surface area contributed by atoms with Crippen molar-refractivity contribution in [1.82, 2.24) is 0 Å². The third-order valence-electron chi connectivity index (χ3n) is 4.70. The average Bonchev–Trinajstić information content (AvgIpc) is 2.68. The summed E-state index contributed by atoms with van der Waals surface area (Å²) < 4.78 is 19.9. The molecule has 0 fully saturated rings. The number of Topliss-reactive ketones (excluding diaryl/α,β-unsaturated/α-hetero) is 1. The molecule has 0 radical (unpaired) electrons. The van der Waals surface area contributed by atoms with E-state index in [2.05, 4.69) is 0 Å². The molecule has 0 saturated heterocycles. The molecule has 0 aliphatic carbocycles. The first-order valence-corrected chi connectivity index (χ1v) is 8.62. The molecule has 0 bridgehead atoms. The predicted molar refractivity (Wildman–Crippen MR) is 101 cm³/mol. The van der Waals surface area contributed by atoms with Gasteiger partial charge < -0.3 is 9.84 Å². The number of halogens is 1. The molecule has 0 amide bonds. The second-order valence-corrected chi connectivity index (χ2v) is 6.44. The Hall–Kier alpha value is -3.40. The second-order valence-electron chi connectivity index (χ2n) is 6.44. The molecule has 1 atom stereocenters. The zero-order valence-corrected chi connectivity index (χ0v) is 14.6. The number of aliphatic hydroxyl groups is 1. The van der Waals surface area contributed by atoms with Gasteiger partial charge in [0.2, 0.25) is 0 Å². The minimum Gasteiger partial charge on any atom is -0.507 e. The Morgan fingerprint density at radius 2 is 1.59 bits per heavy atom. The second kappa shape index (κ2) is 6.72. The first-order valence-electron chi connectivity index (χ1n) is 8.62. The molecule has 0 unspecified atom stereocenters. The number of hydrogen-bond acceptors (Lipinski definition) is 3. The van der Waals surface area contributed by atoms with Crippen molar-refractivity contribution in [3.8, 4) is 11.5 Å². The summed E-state index contributed by atoms with van der Waals surface area (Å²) in [5.74, 6) is -0.392. The monoisotopic (exact) mass is 360 g/mol. The van der Waals surface area contributed by atoms with Gasteiger partial charge in [-0.15, -0.1) is 0 Å². The molecule has 3 aromatic carbocycles. The number of carbonyl (C=O) groups excluding carboxylic acids is 1. The Morgan fingerprint density at radius 1 is 0.926 bits per heavy atom. The van der Waals surface area contributed by atoms with Crippen LogP contribution in [0.4, 0.5) is 4.39 Å². The lowest BCUT2D eigenvalue weighted by Gasteiger charge is -2.29. The van der Waals surface area contributed by atoms with E-state index in [1.807, 2.05) is 24.3 Å². The van der Waals surface area contributed by atoms with E-state index in [0.29, 0.717) is 28.2 Å². The van der Waals surface area contributed by atoms with Gasteiger partial charge in [0, 0.05) is 28.2 Å². The molecule has 4 rings (SSSR count). The molecule has 1 N–H and O–H groups in total. The highest BCUT2D eigenvalue weighted by Crippen LogP contribution is 2.48. The quantitative estimate of drug-likeness (QED) is 0.487. The van der Waals surface area contributed by atoms with Crippen LogP contribution in [-0.4, -0.2) is 10.9 Å². The van der Waals surface area contributed by atoms with Gasteiger partial charge in [-0.2, -0.15) is 0 Å². The van der Waals surface area contributed by atoms with Crippen molar-refractivity contribution in [3.63, 3.8) is 0 Å². The summed E-state index contributed by atoms with van der Waals surface area (Å²) in [4.78, 5) is 12.6. The number of fused-ring (bicyclic) bond motifs is 2. The number of hydrogen-bond donors (Lipinski definition) is 1. The van der Waals surface area contributed by atoms with E-state index in [1.54, 1.807) is 36.4 Å². The summed E-state index contributed by atoms with van der Waals surface area (Å²) in [7, 11) is 0. The van der Waals surface area contributed by atoms with Crippen LogP contribution in [0.3, 0.4) is 0 Å². The summed E-state index contributed by atoms with van der Waals surface area (Å²) in [5.41, 5.74) is 1.97. The highest BCUT2D eigenvalue weighted by molar-refractivity contribution is 6.02. The number of rotatable bonds is 3. The van der Waals surface area contributed by atoms with Crippen LogP contribution in [0.15, 0.2) is 78.4 Å². The Kier molecular flexibility index (Phi) is 4.24. The van der Waals surface area contributed by atoms with Crippen LogP contribution >= 0.6 is 0 Å². The fourth-order valence-corrected chi connectivity index (χ4v) is 3.51. The van der Waals surface area contributed by atoms with Gasteiger partial charge in [0.1, 0.15) is 23.1 Å². The number of benzene rings is 3. The van der Waals surface area contributed by atoms with Gasteiger partial charge in [-0.25, -0.2) is 4.39 Å². The van der Waals surface area contributed by atoms with E-state index in [-0.39, 0.29) is 17.1 Å². The Morgan fingerprint density at radius 3 is 2.33 bits per heavy atom. The minimum atomic E-state index is -0.627. The summed E-state index contributed by atoms with van der Waals surface area (Å²) in [6.07, 6.45) is 0. The molecular weight excluding hydrogens is 343 g/mol. The standard InChI is InChI=1S/C23H17FO3/c1-14(25)21(23(26)15-7-3-2-4-8-15)22-17-9-5-6-10-19(17)27-20-12-11-16(24)13-18(20)22/h2-13,22,26H,1H3/b23-21-/t22-/m0/s1. The maximum absolute atomic E-state index is 14.0. The number of ether oxygens (including phenoxy) is 1. The van der Waals surface area contributed by atoms with E-state index in [4.69, 9.17) is 4.74 Å². The summed E-state index contributed by atoms with van der Waals surface area (Å²) in [5, 5.41) is 10.9. The van der Waals surface area contributed by atoms with Crippen LogP contribution in [0.5, 0.6) is 11.5 Å². The minimum absolute atomic E-state index is 0.111. The predicted octanol–water partition coefficient (Wildman–Crippen LogP) is 5.62. The van der Waals surface area contributed by atoms with E-state index in [9.17, 15) is 14.3 Å². The molecule has 1 aliphatic rings. The summed E-state index contributed by atoms with van der Waals surface area (Å²) in [6.45, 7) is 1.41. The molecule has 0 saturated carbocycles. The van der Waals surface area contributed by atoms with Crippen LogP contribution in [0, 0.1) is 5.82 Å². The van der Waals surface area contributed by atoms with Crippen molar-refractivity contribution in [2.24, 2.45) is 0 Å². The molecule has 134 valence electrons. The zero-order chi connectivity index (χ0) is 19.0. The van der Waals surface area contributed by atoms with Gasteiger partial charge in [-0.1, -0.05) is 48.5 Å². The Labute approximate surface area is 156 Å². The number of allylic oxidation sites excluding steroid dienone is 1.